The maximum atomic E-state index is 11.1. The number of hydrogen-bond donors (Lipinski definition) is 1. The molecule has 0 aliphatic carbocycles. The number of carbonyl (C=O) groups is 1. The van der Waals surface area contributed by atoms with Crippen molar-refractivity contribution < 1.29 is 4.79 Å². The Balaban J connectivity index is 3.27. The Morgan fingerprint density at radius 2 is 2.00 bits per heavy atom. The molecule has 1 aromatic rings. The molecule has 1 rings (SSSR count). The predicted molar refractivity (Wildman–Crippen MR) is 53.8 cm³/mol. The van der Waals surface area contributed by atoms with Crippen molar-refractivity contribution in [3.63, 3.8) is 0 Å². The Bertz CT molecular complexity index is 329. The molecule has 0 radical (unpaired) electrons. The molecule has 0 unspecified atom stereocenters. The average Bonchev–Trinajstić information content (AvgIpc) is 2.03. The molecule has 0 spiro atoms. The highest BCUT2D eigenvalue weighted by Crippen LogP contribution is 2.20. The largest absolute Gasteiger partial charge is 0.366 e. The van der Waals surface area contributed by atoms with Gasteiger partial charge in [-0.3, -0.25) is 4.79 Å². The molecular weight excluding hydrogens is 162 g/mol. The van der Waals surface area contributed by atoms with E-state index in [1.54, 1.807) is 0 Å². The summed E-state index contributed by atoms with van der Waals surface area (Å²) in [5, 5.41) is 0. The van der Waals surface area contributed by atoms with Crippen LogP contribution in [0.5, 0.6) is 0 Å². The lowest BCUT2D eigenvalue weighted by Crippen LogP contribution is -2.14. The first-order chi connectivity index (χ1) is 6.02. The van der Waals surface area contributed by atoms with E-state index in [9.17, 15) is 4.79 Å². The third-order valence-corrected chi connectivity index (χ3v) is 2.10. The van der Waals surface area contributed by atoms with Crippen LogP contribution in [-0.2, 0) is 0 Å². The molecule has 0 saturated heterocycles. The van der Waals surface area contributed by atoms with Crippen LogP contribution in [0.15, 0.2) is 18.2 Å². The van der Waals surface area contributed by atoms with Gasteiger partial charge in [0.15, 0.2) is 0 Å². The zero-order valence-electron chi connectivity index (χ0n) is 8.29. The van der Waals surface area contributed by atoms with E-state index in [0.717, 1.165) is 11.1 Å². The molecule has 2 N–H and O–H groups in total. The molecule has 0 aromatic heterocycles. The highest BCUT2D eigenvalue weighted by molar-refractivity contribution is 5.94. The maximum absolute atomic E-state index is 11.1. The molecule has 0 saturated carbocycles. The summed E-state index contributed by atoms with van der Waals surface area (Å²) in [7, 11) is 0. The van der Waals surface area contributed by atoms with Gasteiger partial charge in [-0.2, -0.15) is 0 Å². The van der Waals surface area contributed by atoms with Crippen LogP contribution in [0.3, 0.4) is 0 Å². The van der Waals surface area contributed by atoms with Crippen LogP contribution in [0.2, 0.25) is 0 Å². The second-order valence-corrected chi connectivity index (χ2v) is 3.61. The van der Waals surface area contributed by atoms with E-state index < -0.39 is 0 Å². The number of nitrogens with two attached hydrogens (primary N) is 1. The minimum atomic E-state index is -0.340. The van der Waals surface area contributed by atoms with Gasteiger partial charge in [0.25, 0.3) is 0 Å². The zero-order chi connectivity index (χ0) is 10.0. The van der Waals surface area contributed by atoms with Gasteiger partial charge in [-0.15, -0.1) is 0 Å². The smallest absolute Gasteiger partial charge is 0.248 e. The topological polar surface area (TPSA) is 43.1 Å². The zero-order valence-corrected chi connectivity index (χ0v) is 8.29. The lowest BCUT2D eigenvalue weighted by Gasteiger charge is -2.10. The number of rotatable bonds is 2. The summed E-state index contributed by atoms with van der Waals surface area (Å²) < 4.78 is 0. The molecule has 2 heteroatoms. The lowest BCUT2D eigenvalue weighted by atomic mass is 9.95. The normalized spacial score (nSPS) is 10.5. The first kappa shape index (κ1) is 9.78. The Kier molecular flexibility index (Phi) is 2.71. The Hall–Kier alpha value is -1.31. The Morgan fingerprint density at radius 1 is 1.38 bits per heavy atom. The molecule has 0 atom stereocenters. The molecule has 70 valence electrons. The molecule has 13 heavy (non-hydrogen) atoms. The van der Waals surface area contributed by atoms with Crippen molar-refractivity contribution in [2.75, 3.05) is 0 Å². The van der Waals surface area contributed by atoms with Crippen LogP contribution >= 0.6 is 0 Å². The van der Waals surface area contributed by atoms with E-state index in [4.69, 9.17) is 5.73 Å². The molecule has 2 nitrogen and oxygen atoms in total. The van der Waals surface area contributed by atoms with Crippen LogP contribution in [0.1, 0.15) is 41.3 Å². The fourth-order valence-corrected chi connectivity index (χ4v) is 1.39. The van der Waals surface area contributed by atoms with Gasteiger partial charge in [-0.1, -0.05) is 31.5 Å². The monoisotopic (exact) mass is 177 g/mol. The van der Waals surface area contributed by atoms with Crippen LogP contribution < -0.4 is 5.73 Å². The summed E-state index contributed by atoms with van der Waals surface area (Å²) >= 11 is 0. The highest BCUT2D eigenvalue weighted by Gasteiger charge is 2.10. The standard InChI is InChI=1S/C11H15NO/c1-7(2)9-5-4-8(3)6-10(9)11(12)13/h4-7H,1-3H3,(H2,12,13). The van der Waals surface area contributed by atoms with Crippen LogP contribution in [0, 0.1) is 6.92 Å². The fourth-order valence-electron chi connectivity index (χ4n) is 1.39. The minimum absolute atomic E-state index is 0.336. The summed E-state index contributed by atoms with van der Waals surface area (Å²) in [5.74, 6) is -0.00417. The molecule has 1 amide bonds. The van der Waals surface area contributed by atoms with Gasteiger partial charge in [0.1, 0.15) is 0 Å². The molecule has 0 heterocycles. The maximum Gasteiger partial charge on any atom is 0.248 e. The molecule has 0 fully saturated rings. The third-order valence-electron chi connectivity index (χ3n) is 2.10. The number of aryl methyl sites for hydroxylation is 1. The van der Waals surface area contributed by atoms with Crippen LogP contribution in [0.25, 0.3) is 0 Å². The third kappa shape index (κ3) is 2.08. The van der Waals surface area contributed by atoms with Crippen LogP contribution in [0.4, 0.5) is 0 Å². The number of hydrogen-bond acceptors (Lipinski definition) is 1. The Morgan fingerprint density at radius 3 is 2.46 bits per heavy atom. The number of amides is 1. The molecule has 0 aliphatic heterocycles. The van der Waals surface area contributed by atoms with Gasteiger partial charge < -0.3 is 5.73 Å². The van der Waals surface area contributed by atoms with E-state index in [-0.39, 0.29) is 5.91 Å². The SMILES string of the molecule is Cc1ccc(C(C)C)c(C(N)=O)c1. The van der Waals surface area contributed by atoms with Crippen LogP contribution in [-0.4, -0.2) is 5.91 Å². The first-order valence-electron chi connectivity index (χ1n) is 4.42. The summed E-state index contributed by atoms with van der Waals surface area (Å²) in [4.78, 5) is 11.1. The van der Waals surface area contributed by atoms with E-state index in [1.807, 2.05) is 25.1 Å². The second kappa shape index (κ2) is 3.60. The van der Waals surface area contributed by atoms with Crippen molar-refractivity contribution in [1.82, 2.24) is 0 Å². The second-order valence-electron chi connectivity index (χ2n) is 3.61. The summed E-state index contributed by atoms with van der Waals surface area (Å²) in [6, 6.07) is 5.82. The van der Waals surface area contributed by atoms with Gasteiger partial charge in [0.2, 0.25) is 5.91 Å². The minimum Gasteiger partial charge on any atom is -0.366 e. The van der Waals surface area contributed by atoms with Crippen molar-refractivity contribution in [3.8, 4) is 0 Å². The van der Waals surface area contributed by atoms with Gasteiger partial charge in [0.05, 0.1) is 0 Å². The summed E-state index contributed by atoms with van der Waals surface area (Å²) in [6.07, 6.45) is 0. The van der Waals surface area contributed by atoms with E-state index in [1.165, 1.54) is 0 Å². The molecule has 0 bridgehead atoms. The van der Waals surface area contributed by atoms with E-state index in [2.05, 4.69) is 13.8 Å². The quantitative estimate of drug-likeness (QED) is 0.739. The van der Waals surface area contributed by atoms with Crippen molar-refractivity contribution in [3.05, 3.63) is 34.9 Å². The lowest BCUT2D eigenvalue weighted by molar-refractivity contribution is 0.0999. The van der Waals surface area contributed by atoms with Crippen molar-refractivity contribution in [2.24, 2.45) is 5.73 Å². The van der Waals surface area contributed by atoms with Gasteiger partial charge in [0, 0.05) is 5.56 Å². The average molecular weight is 177 g/mol. The van der Waals surface area contributed by atoms with Crippen molar-refractivity contribution in [2.45, 2.75) is 26.7 Å². The Labute approximate surface area is 78.8 Å². The summed E-state index contributed by atoms with van der Waals surface area (Å²) in [5.41, 5.74) is 8.02. The molecule has 1 aromatic carbocycles. The number of carbonyl (C=O) groups excluding carboxylic acids is 1. The molecule has 0 aliphatic rings. The van der Waals surface area contributed by atoms with Crippen molar-refractivity contribution in [1.29, 1.82) is 0 Å². The first-order valence-corrected chi connectivity index (χ1v) is 4.42. The van der Waals surface area contributed by atoms with E-state index >= 15 is 0 Å². The molecular formula is C11H15NO. The number of primary amides is 1. The predicted octanol–water partition coefficient (Wildman–Crippen LogP) is 2.22. The van der Waals surface area contributed by atoms with Gasteiger partial charge in [-0.25, -0.2) is 0 Å². The van der Waals surface area contributed by atoms with Gasteiger partial charge >= 0.3 is 0 Å². The highest BCUT2D eigenvalue weighted by atomic mass is 16.1. The summed E-state index contributed by atoms with van der Waals surface area (Å²) in [6.45, 7) is 6.06. The van der Waals surface area contributed by atoms with E-state index in [0.29, 0.717) is 11.5 Å². The van der Waals surface area contributed by atoms with Crippen molar-refractivity contribution >= 4 is 5.91 Å². The van der Waals surface area contributed by atoms with Gasteiger partial charge in [-0.05, 0) is 24.5 Å². The number of benzene rings is 1. The fraction of sp³-hybridized carbons (Fsp3) is 0.364.